The fourth-order valence-electron chi connectivity index (χ4n) is 4.52. The Morgan fingerprint density at radius 3 is 2.29 bits per heavy atom. The van der Waals surface area contributed by atoms with Crippen LogP contribution in [0.2, 0.25) is 0 Å². The summed E-state index contributed by atoms with van der Waals surface area (Å²) in [6, 6.07) is 18.1. The van der Waals surface area contributed by atoms with Gasteiger partial charge in [-0.05, 0) is 29.5 Å². The van der Waals surface area contributed by atoms with Gasteiger partial charge in [-0.3, -0.25) is 9.59 Å². The Balaban J connectivity index is 1.44. The number of nitrogens with zero attached hydrogens (tertiary/aromatic N) is 1. The van der Waals surface area contributed by atoms with Crippen molar-refractivity contribution in [1.82, 2.24) is 4.90 Å². The predicted octanol–water partition coefficient (Wildman–Crippen LogP) is 3.24. The Labute approximate surface area is 164 Å². The third-order valence-electron chi connectivity index (χ3n) is 6.20. The number of likely N-dealkylation sites (tertiary alicyclic amines) is 1. The van der Waals surface area contributed by atoms with E-state index in [4.69, 9.17) is 4.74 Å². The van der Waals surface area contributed by atoms with Crippen LogP contribution in [0.25, 0.3) is 11.1 Å². The highest BCUT2D eigenvalue weighted by molar-refractivity contribution is 5.81. The minimum absolute atomic E-state index is 0.00192. The molecule has 0 aliphatic carbocycles. The molecule has 28 heavy (non-hydrogen) atoms. The maximum Gasteiger partial charge on any atom is 0.308 e. The molecule has 5 heteroatoms. The number of amides is 1. The second-order valence-electron chi connectivity index (χ2n) is 7.88. The lowest BCUT2D eigenvalue weighted by atomic mass is 9.72. The highest BCUT2D eigenvalue weighted by Crippen LogP contribution is 2.44. The molecule has 2 heterocycles. The van der Waals surface area contributed by atoms with Gasteiger partial charge in [0.25, 0.3) is 0 Å². The van der Waals surface area contributed by atoms with E-state index in [0.717, 1.165) is 16.7 Å². The molecule has 1 amide bonds. The van der Waals surface area contributed by atoms with Crippen molar-refractivity contribution in [3.63, 3.8) is 0 Å². The van der Waals surface area contributed by atoms with Crippen molar-refractivity contribution in [3.8, 4) is 11.1 Å². The first-order valence-electron chi connectivity index (χ1n) is 9.80. The van der Waals surface area contributed by atoms with E-state index >= 15 is 0 Å². The number of hydrogen-bond acceptors (Lipinski definition) is 3. The Hall–Kier alpha value is -2.66. The van der Waals surface area contributed by atoms with Gasteiger partial charge in [0.1, 0.15) is 0 Å². The van der Waals surface area contributed by atoms with Crippen molar-refractivity contribution >= 4 is 11.9 Å². The predicted molar refractivity (Wildman–Crippen MR) is 106 cm³/mol. The van der Waals surface area contributed by atoms with Crippen molar-refractivity contribution in [2.45, 2.75) is 19.3 Å². The van der Waals surface area contributed by atoms with Gasteiger partial charge in [-0.2, -0.15) is 0 Å². The maximum absolute atomic E-state index is 12.9. The van der Waals surface area contributed by atoms with E-state index < -0.39 is 11.9 Å². The van der Waals surface area contributed by atoms with E-state index in [1.165, 1.54) is 0 Å². The Kier molecular flexibility index (Phi) is 5.18. The number of carbonyl (C=O) groups excluding carboxylic acids is 1. The van der Waals surface area contributed by atoms with Crippen LogP contribution in [-0.2, 0) is 20.7 Å². The quantitative estimate of drug-likeness (QED) is 0.886. The summed E-state index contributed by atoms with van der Waals surface area (Å²) in [5, 5.41) is 9.68. The molecule has 0 radical (unpaired) electrons. The van der Waals surface area contributed by atoms with Crippen LogP contribution in [0.15, 0.2) is 54.6 Å². The number of hydrogen-bond donors (Lipinski definition) is 1. The van der Waals surface area contributed by atoms with Crippen LogP contribution in [0, 0.1) is 11.3 Å². The summed E-state index contributed by atoms with van der Waals surface area (Å²) >= 11 is 0. The van der Waals surface area contributed by atoms with Gasteiger partial charge >= 0.3 is 5.97 Å². The molecule has 0 saturated carbocycles. The highest BCUT2D eigenvalue weighted by atomic mass is 16.5. The molecule has 2 aromatic carbocycles. The van der Waals surface area contributed by atoms with Gasteiger partial charge in [0, 0.05) is 31.7 Å². The fourth-order valence-corrected chi connectivity index (χ4v) is 4.52. The molecule has 0 bridgehead atoms. The molecule has 1 unspecified atom stereocenters. The molecule has 2 aliphatic rings. The van der Waals surface area contributed by atoms with Crippen molar-refractivity contribution in [2.75, 3.05) is 26.3 Å². The lowest BCUT2D eigenvalue weighted by Crippen LogP contribution is -2.40. The standard InChI is InChI=1S/C23H25NO4/c25-21(14-17-6-8-19(9-7-17)18-4-2-1-3-5-18)24-15-20(22(26)27)23(16-24)10-12-28-13-11-23/h1-9,20H,10-16H2,(H,26,27). The van der Waals surface area contributed by atoms with Crippen LogP contribution < -0.4 is 0 Å². The zero-order chi connectivity index (χ0) is 19.6. The molecule has 2 aromatic rings. The number of ether oxygens (including phenoxy) is 1. The fraction of sp³-hybridized carbons (Fsp3) is 0.391. The molecule has 2 aliphatic heterocycles. The summed E-state index contributed by atoms with van der Waals surface area (Å²) in [4.78, 5) is 26.4. The van der Waals surface area contributed by atoms with E-state index in [0.29, 0.717) is 45.6 Å². The van der Waals surface area contributed by atoms with Gasteiger partial charge in [-0.1, -0.05) is 54.6 Å². The van der Waals surface area contributed by atoms with Gasteiger partial charge in [0.05, 0.1) is 12.3 Å². The first-order chi connectivity index (χ1) is 13.6. The summed E-state index contributed by atoms with van der Waals surface area (Å²) in [6.07, 6.45) is 1.72. The number of aliphatic carboxylic acids is 1. The first kappa shape index (κ1) is 18.7. The zero-order valence-electron chi connectivity index (χ0n) is 15.8. The average molecular weight is 379 g/mol. The van der Waals surface area contributed by atoms with Gasteiger partial charge < -0.3 is 14.7 Å². The Morgan fingerprint density at radius 2 is 1.64 bits per heavy atom. The molecule has 146 valence electrons. The number of rotatable bonds is 4. The molecule has 5 nitrogen and oxygen atoms in total. The lowest BCUT2D eigenvalue weighted by molar-refractivity contribution is -0.146. The van der Waals surface area contributed by atoms with E-state index in [2.05, 4.69) is 12.1 Å². The molecule has 1 spiro atoms. The minimum Gasteiger partial charge on any atom is -0.481 e. The molecule has 4 rings (SSSR count). The molecular formula is C23H25NO4. The lowest BCUT2D eigenvalue weighted by Gasteiger charge is -2.36. The number of carbonyl (C=O) groups is 2. The van der Waals surface area contributed by atoms with E-state index in [9.17, 15) is 14.7 Å². The van der Waals surface area contributed by atoms with Crippen LogP contribution in [0.3, 0.4) is 0 Å². The van der Waals surface area contributed by atoms with Crippen molar-refractivity contribution < 1.29 is 19.4 Å². The third kappa shape index (κ3) is 3.67. The van der Waals surface area contributed by atoms with Crippen molar-refractivity contribution in [2.24, 2.45) is 11.3 Å². The summed E-state index contributed by atoms with van der Waals surface area (Å²) in [5.74, 6) is -1.30. The van der Waals surface area contributed by atoms with Gasteiger partial charge in [-0.25, -0.2) is 0 Å². The summed E-state index contributed by atoms with van der Waals surface area (Å²) < 4.78 is 5.43. The number of carboxylic acids is 1. The first-order valence-corrected chi connectivity index (χ1v) is 9.80. The largest absolute Gasteiger partial charge is 0.481 e. The number of benzene rings is 2. The van der Waals surface area contributed by atoms with E-state index in [-0.39, 0.29) is 11.3 Å². The third-order valence-corrected chi connectivity index (χ3v) is 6.20. The smallest absolute Gasteiger partial charge is 0.308 e. The molecule has 2 fully saturated rings. The van der Waals surface area contributed by atoms with Crippen molar-refractivity contribution in [1.29, 1.82) is 0 Å². The number of carboxylic acid groups (broad SMARTS) is 1. The normalized spacial score (nSPS) is 21.0. The zero-order valence-corrected chi connectivity index (χ0v) is 15.8. The second kappa shape index (κ2) is 7.76. The van der Waals surface area contributed by atoms with Gasteiger partial charge in [0.2, 0.25) is 5.91 Å². The molecule has 1 N–H and O–H groups in total. The van der Waals surface area contributed by atoms with Crippen LogP contribution in [-0.4, -0.2) is 48.2 Å². The highest BCUT2D eigenvalue weighted by Gasteiger charge is 2.51. The minimum atomic E-state index is -0.801. The summed E-state index contributed by atoms with van der Waals surface area (Å²) in [5.41, 5.74) is 2.87. The van der Waals surface area contributed by atoms with Gasteiger partial charge in [-0.15, -0.1) is 0 Å². The van der Waals surface area contributed by atoms with E-state index in [1.807, 2.05) is 42.5 Å². The summed E-state index contributed by atoms with van der Waals surface area (Å²) in [6.45, 7) is 1.98. The van der Waals surface area contributed by atoms with Crippen LogP contribution in [0.4, 0.5) is 0 Å². The Bertz CT molecular complexity index is 841. The molecule has 0 aromatic heterocycles. The topological polar surface area (TPSA) is 66.8 Å². The Morgan fingerprint density at radius 1 is 1.00 bits per heavy atom. The van der Waals surface area contributed by atoms with E-state index in [1.54, 1.807) is 4.90 Å². The van der Waals surface area contributed by atoms with Crippen LogP contribution in [0.1, 0.15) is 18.4 Å². The monoisotopic (exact) mass is 379 g/mol. The van der Waals surface area contributed by atoms with Crippen molar-refractivity contribution in [3.05, 3.63) is 60.2 Å². The molecule has 2 saturated heterocycles. The summed E-state index contributed by atoms with van der Waals surface area (Å²) in [7, 11) is 0. The SMILES string of the molecule is O=C(O)C1CN(C(=O)Cc2ccc(-c3ccccc3)cc2)CC12CCOCC2. The van der Waals surface area contributed by atoms with Crippen LogP contribution >= 0.6 is 0 Å². The maximum atomic E-state index is 12.9. The van der Waals surface area contributed by atoms with Gasteiger partial charge in [0.15, 0.2) is 0 Å². The molecule has 1 atom stereocenters. The van der Waals surface area contributed by atoms with Crippen LogP contribution in [0.5, 0.6) is 0 Å². The average Bonchev–Trinajstić information content (AvgIpc) is 3.09. The second-order valence-corrected chi connectivity index (χ2v) is 7.88. The molecular weight excluding hydrogens is 354 g/mol.